The average Bonchev–Trinajstić information content (AvgIpc) is 3.50. The summed E-state index contributed by atoms with van der Waals surface area (Å²) in [6.07, 6.45) is 9.07. The van der Waals surface area contributed by atoms with Gasteiger partial charge in [-0.25, -0.2) is 14.4 Å². The molecule has 33 heavy (non-hydrogen) atoms. The predicted octanol–water partition coefficient (Wildman–Crippen LogP) is 4.28. The lowest BCUT2D eigenvalue weighted by Gasteiger charge is -2.24. The molecule has 166 valence electrons. The Labute approximate surface area is 190 Å². The number of pyridine rings is 1. The van der Waals surface area contributed by atoms with Crippen LogP contribution in [-0.2, 0) is 6.42 Å². The summed E-state index contributed by atoms with van der Waals surface area (Å²) < 4.78 is 13.1. The van der Waals surface area contributed by atoms with E-state index in [0.717, 1.165) is 35.5 Å². The number of nitrogens with zero attached hydrogens (tertiary/aromatic N) is 5. The van der Waals surface area contributed by atoms with E-state index in [9.17, 15) is 9.18 Å². The number of aromatic amines is 1. The molecular formula is C25H23FN6O. The molecule has 0 saturated carbocycles. The molecule has 0 spiro atoms. The van der Waals surface area contributed by atoms with Crippen molar-refractivity contribution in [2.75, 3.05) is 6.54 Å². The van der Waals surface area contributed by atoms with Gasteiger partial charge in [0, 0.05) is 36.7 Å². The van der Waals surface area contributed by atoms with Crippen LogP contribution < -0.4 is 0 Å². The van der Waals surface area contributed by atoms with Gasteiger partial charge in [-0.3, -0.25) is 14.8 Å². The van der Waals surface area contributed by atoms with Gasteiger partial charge in [0.05, 0.1) is 29.7 Å². The lowest BCUT2D eigenvalue weighted by molar-refractivity contribution is 0.0732. The van der Waals surface area contributed by atoms with Crippen molar-refractivity contribution in [3.05, 3.63) is 95.2 Å². The Morgan fingerprint density at radius 2 is 1.94 bits per heavy atom. The molecule has 4 aromatic rings. The maximum atomic E-state index is 13.3. The van der Waals surface area contributed by atoms with Gasteiger partial charge in [-0.2, -0.15) is 0 Å². The number of carbonyl (C=O) groups is 1. The number of amides is 1. The third kappa shape index (κ3) is 4.50. The molecule has 1 atom stereocenters. The number of imidazole rings is 1. The zero-order chi connectivity index (χ0) is 22.8. The van der Waals surface area contributed by atoms with Gasteiger partial charge in [0.15, 0.2) is 5.82 Å². The number of benzene rings is 1. The Morgan fingerprint density at radius 3 is 2.67 bits per heavy atom. The number of rotatable bonds is 5. The zero-order valence-electron chi connectivity index (χ0n) is 18.2. The van der Waals surface area contributed by atoms with Crippen molar-refractivity contribution in [1.82, 2.24) is 29.8 Å². The number of hydrogen-bond acceptors (Lipinski definition) is 5. The Bertz CT molecular complexity index is 1270. The number of aromatic nitrogens is 5. The molecule has 1 amide bonds. The second kappa shape index (κ2) is 8.90. The van der Waals surface area contributed by atoms with Gasteiger partial charge in [-0.15, -0.1) is 0 Å². The molecule has 0 radical (unpaired) electrons. The van der Waals surface area contributed by atoms with Crippen LogP contribution in [0.1, 0.15) is 51.9 Å². The second-order valence-corrected chi connectivity index (χ2v) is 8.24. The molecule has 1 aromatic carbocycles. The van der Waals surface area contributed by atoms with E-state index in [1.54, 1.807) is 43.0 Å². The fraction of sp³-hybridized carbons (Fsp3) is 0.240. The fourth-order valence-corrected chi connectivity index (χ4v) is 4.15. The number of carbonyl (C=O) groups excluding carboxylic acids is 1. The summed E-state index contributed by atoms with van der Waals surface area (Å²) >= 11 is 0. The van der Waals surface area contributed by atoms with Crippen LogP contribution in [0.5, 0.6) is 0 Å². The van der Waals surface area contributed by atoms with Crippen LogP contribution >= 0.6 is 0 Å². The van der Waals surface area contributed by atoms with Crippen LogP contribution in [0.2, 0.25) is 0 Å². The Balaban J connectivity index is 1.32. The zero-order valence-corrected chi connectivity index (χ0v) is 18.2. The van der Waals surface area contributed by atoms with Crippen molar-refractivity contribution >= 4 is 5.91 Å². The van der Waals surface area contributed by atoms with Crippen molar-refractivity contribution in [3.8, 4) is 11.5 Å². The van der Waals surface area contributed by atoms with E-state index in [1.807, 2.05) is 17.9 Å². The standard InChI is InChI=1S/C25H23FN6O/c1-16-12-29-24(30-16)22-15-27-14-21(31-22)23-3-2-10-32(23)25(33)18-6-9-20(28-13-18)11-17-4-7-19(26)8-5-17/h4-9,12-15,23H,2-3,10-11H2,1H3,(H,29,30)/t23-/m0/s1. The van der Waals surface area contributed by atoms with Crippen LogP contribution in [0.25, 0.3) is 11.5 Å². The number of nitrogens with one attached hydrogen (secondary N) is 1. The normalized spacial score (nSPS) is 15.7. The van der Waals surface area contributed by atoms with Gasteiger partial charge in [-0.1, -0.05) is 12.1 Å². The molecule has 1 N–H and O–H groups in total. The average molecular weight is 442 g/mol. The minimum absolute atomic E-state index is 0.0700. The SMILES string of the molecule is Cc1cnc(-c2cncc([C@@H]3CCCN3C(=O)c3ccc(Cc4ccc(F)cc4)nc3)n2)[nH]1. The van der Waals surface area contributed by atoms with Crippen molar-refractivity contribution in [2.24, 2.45) is 0 Å². The molecule has 1 aliphatic heterocycles. The summed E-state index contributed by atoms with van der Waals surface area (Å²) in [6, 6.07) is 9.87. The number of hydrogen-bond donors (Lipinski definition) is 1. The molecule has 0 aliphatic carbocycles. The Hall–Kier alpha value is -3.94. The predicted molar refractivity (Wildman–Crippen MR) is 121 cm³/mol. The van der Waals surface area contributed by atoms with Gasteiger partial charge in [-0.05, 0) is 49.6 Å². The fourth-order valence-electron chi connectivity index (χ4n) is 4.15. The molecule has 1 saturated heterocycles. The molecule has 0 bridgehead atoms. The minimum atomic E-state index is -0.262. The summed E-state index contributed by atoms with van der Waals surface area (Å²) in [7, 11) is 0. The monoisotopic (exact) mass is 442 g/mol. The van der Waals surface area contributed by atoms with Gasteiger partial charge >= 0.3 is 0 Å². The minimum Gasteiger partial charge on any atom is -0.341 e. The van der Waals surface area contributed by atoms with Crippen molar-refractivity contribution in [1.29, 1.82) is 0 Å². The van der Waals surface area contributed by atoms with E-state index in [0.29, 0.717) is 30.0 Å². The number of halogens is 1. The van der Waals surface area contributed by atoms with Gasteiger partial charge < -0.3 is 9.88 Å². The van der Waals surface area contributed by atoms with Crippen molar-refractivity contribution < 1.29 is 9.18 Å². The first-order valence-corrected chi connectivity index (χ1v) is 10.9. The maximum absolute atomic E-state index is 13.3. The van der Waals surface area contributed by atoms with E-state index in [1.165, 1.54) is 12.1 Å². The van der Waals surface area contributed by atoms with E-state index in [2.05, 4.69) is 19.9 Å². The summed E-state index contributed by atoms with van der Waals surface area (Å²) in [4.78, 5) is 36.2. The molecule has 3 aromatic heterocycles. The van der Waals surface area contributed by atoms with E-state index in [-0.39, 0.29) is 17.8 Å². The molecule has 5 rings (SSSR count). The largest absolute Gasteiger partial charge is 0.341 e. The lowest BCUT2D eigenvalue weighted by atomic mass is 10.1. The van der Waals surface area contributed by atoms with Gasteiger partial charge in [0.2, 0.25) is 0 Å². The first-order chi connectivity index (χ1) is 16.1. The van der Waals surface area contributed by atoms with Crippen LogP contribution in [0, 0.1) is 12.7 Å². The Morgan fingerprint density at radius 1 is 1.09 bits per heavy atom. The second-order valence-electron chi connectivity index (χ2n) is 8.24. The highest BCUT2D eigenvalue weighted by molar-refractivity contribution is 5.94. The van der Waals surface area contributed by atoms with Crippen LogP contribution in [-0.4, -0.2) is 42.3 Å². The first kappa shape index (κ1) is 20.9. The van der Waals surface area contributed by atoms with Crippen LogP contribution in [0.3, 0.4) is 0 Å². The Kier molecular flexibility index (Phi) is 5.64. The summed E-state index contributed by atoms with van der Waals surface area (Å²) in [5, 5.41) is 0. The summed E-state index contributed by atoms with van der Waals surface area (Å²) in [5.74, 6) is 0.334. The molecule has 1 fully saturated rings. The van der Waals surface area contributed by atoms with Gasteiger partial charge in [0.25, 0.3) is 5.91 Å². The highest BCUT2D eigenvalue weighted by atomic mass is 19.1. The topological polar surface area (TPSA) is 87.7 Å². The van der Waals surface area contributed by atoms with E-state index < -0.39 is 0 Å². The lowest BCUT2D eigenvalue weighted by Crippen LogP contribution is -2.31. The molecule has 7 nitrogen and oxygen atoms in total. The maximum Gasteiger partial charge on any atom is 0.255 e. The highest BCUT2D eigenvalue weighted by Gasteiger charge is 2.32. The summed E-state index contributed by atoms with van der Waals surface area (Å²) in [5.41, 5.74) is 4.69. The van der Waals surface area contributed by atoms with Gasteiger partial charge in [0.1, 0.15) is 11.5 Å². The quantitative estimate of drug-likeness (QED) is 0.499. The molecule has 4 heterocycles. The number of likely N-dealkylation sites (tertiary alicyclic amines) is 1. The third-order valence-electron chi connectivity index (χ3n) is 5.82. The highest BCUT2D eigenvalue weighted by Crippen LogP contribution is 2.32. The van der Waals surface area contributed by atoms with E-state index >= 15 is 0 Å². The third-order valence-corrected chi connectivity index (χ3v) is 5.82. The number of H-pyrrole nitrogens is 1. The van der Waals surface area contributed by atoms with Crippen LogP contribution in [0.4, 0.5) is 4.39 Å². The summed E-state index contributed by atoms with van der Waals surface area (Å²) in [6.45, 7) is 2.59. The molecule has 0 unspecified atom stereocenters. The van der Waals surface area contributed by atoms with Crippen LogP contribution in [0.15, 0.2) is 61.2 Å². The molecule has 1 aliphatic rings. The first-order valence-electron chi connectivity index (χ1n) is 10.9. The van der Waals surface area contributed by atoms with E-state index in [4.69, 9.17) is 4.98 Å². The molecule has 8 heteroatoms. The smallest absolute Gasteiger partial charge is 0.255 e. The van der Waals surface area contributed by atoms with Crippen molar-refractivity contribution in [3.63, 3.8) is 0 Å². The molecular weight excluding hydrogens is 419 g/mol. The number of aryl methyl sites for hydroxylation is 1. The van der Waals surface area contributed by atoms with Crippen molar-refractivity contribution in [2.45, 2.75) is 32.2 Å².